The molecule has 14 heavy (non-hydrogen) atoms. The van der Waals surface area contributed by atoms with E-state index in [1.165, 1.54) is 0 Å². The highest BCUT2D eigenvalue weighted by Gasteiger charge is 2.10. The van der Waals surface area contributed by atoms with Gasteiger partial charge in [-0.05, 0) is 5.92 Å². The first kappa shape index (κ1) is 10.5. The molecule has 0 amide bonds. The minimum absolute atomic E-state index is 0.138. The predicted octanol–water partition coefficient (Wildman–Crippen LogP) is 1.69. The molecule has 0 spiro atoms. The summed E-state index contributed by atoms with van der Waals surface area (Å²) in [6.07, 6.45) is 7.51. The molecule has 1 aromatic rings. The molecule has 0 aromatic carbocycles. The van der Waals surface area contributed by atoms with Crippen LogP contribution in [0.3, 0.4) is 0 Å². The number of terminal acetylenes is 1. The summed E-state index contributed by atoms with van der Waals surface area (Å²) >= 11 is 0. The van der Waals surface area contributed by atoms with E-state index in [0.29, 0.717) is 5.95 Å². The number of hydrogen-bond acceptors (Lipinski definition) is 3. The molecule has 1 N–H and O–H groups in total. The fourth-order valence-corrected chi connectivity index (χ4v) is 0.927. The zero-order valence-corrected chi connectivity index (χ0v) is 8.16. The van der Waals surface area contributed by atoms with Crippen molar-refractivity contribution < 1.29 is 4.39 Å². The lowest BCUT2D eigenvalue weighted by Crippen LogP contribution is -2.24. The molecule has 0 aliphatic heterocycles. The summed E-state index contributed by atoms with van der Waals surface area (Å²) < 4.78 is 12.5. The summed E-state index contributed by atoms with van der Waals surface area (Å²) in [6.45, 7) is 3.97. The second-order valence-corrected chi connectivity index (χ2v) is 3.26. The van der Waals surface area contributed by atoms with Gasteiger partial charge in [-0.3, -0.25) is 0 Å². The molecular formula is C10H12FN3. The second kappa shape index (κ2) is 4.56. The fraction of sp³-hybridized carbons (Fsp3) is 0.400. The normalized spacial score (nSPS) is 12.2. The van der Waals surface area contributed by atoms with Crippen molar-refractivity contribution in [1.82, 2.24) is 9.97 Å². The third-order valence-corrected chi connectivity index (χ3v) is 1.75. The second-order valence-electron chi connectivity index (χ2n) is 3.26. The molecule has 1 atom stereocenters. The Morgan fingerprint density at radius 2 is 2.00 bits per heavy atom. The van der Waals surface area contributed by atoms with Gasteiger partial charge >= 0.3 is 0 Å². The number of anilines is 1. The van der Waals surface area contributed by atoms with Crippen molar-refractivity contribution in [2.75, 3.05) is 5.32 Å². The van der Waals surface area contributed by atoms with Gasteiger partial charge in [0, 0.05) is 0 Å². The summed E-state index contributed by atoms with van der Waals surface area (Å²) in [6, 6.07) is -0.138. The lowest BCUT2D eigenvalue weighted by molar-refractivity contribution is 0.600. The van der Waals surface area contributed by atoms with E-state index >= 15 is 0 Å². The quantitative estimate of drug-likeness (QED) is 0.742. The Hall–Kier alpha value is -1.63. The summed E-state index contributed by atoms with van der Waals surface area (Å²) in [5.41, 5.74) is 0. The van der Waals surface area contributed by atoms with Crippen LogP contribution in [0.1, 0.15) is 13.8 Å². The van der Waals surface area contributed by atoms with Crippen LogP contribution in [0.5, 0.6) is 0 Å². The molecular weight excluding hydrogens is 181 g/mol. The number of aromatic nitrogens is 2. The van der Waals surface area contributed by atoms with Crippen LogP contribution in [0.4, 0.5) is 10.3 Å². The largest absolute Gasteiger partial charge is 0.340 e. The minimum atomic E-state index is -0.461. The van der Waals surface area contributed by atoms with Crippen LogP contribution in [-0.2, 0) is 0 Å². The lowest BCUT2D eigenvalue weighted by atomic mass is 10.1. The Morgan fingerprint density at radius 3 is 2.43 bits per heavy atom. The van der Waals surface area contributed by atoms with E-state index in [0.717, 1.165) is 12.4 Å². The van der Waals surface area contributed by atoms with Crippen LogP contribution in [0.15, 0.2) is 12.4 Å². The van der Waals surface area contributed by atoms with Gasteiger partial charge in [0.05, 0.1) is 18.4 Å². The zero-order valence-electron chi connectivity index (χ0n) is 8.16. The summed E-state index contributed by atoms with van der Waals surface area (Å²) in [7, 11) is 0. The van der Waals surface area contributed by atoms with E-state index in [1.54, 1.807) is 0 Å². The smallest absolute Gasteiger partial charge is 0.223 e. The molecule has 1 rings (SSSR count). The fourth-order valence-electron chi connectivity index (χ4n) is 0.927. The van der Waals surface area contributed by atoms with Crippen LogP contribution in [0, 0.1) is 24.1 Å². The first-order chi connectivity index (χ1) is 6.63. The van der Waals surface area contributed by atoms with Gasteiger partial charge in [-0.2, -0.15) is 0 Å². The van der Waals surface area contributed by atoms with Crippen LogP contribution in [0.2, 0.25) is 0 Å². The van der Waals surface area contributed by atoms with Gasteiger partial charge in [0.25, 0.3) is 0 Å². The van der Waals surface area contributed by atoms with Gasteiger partial charge in [0.15, 0.2) is 5.82 Å². The van der Waals surface area contributed by atoms with Crippen molar-refractivity contribution in [2.24, 2.45) is 5.92 Å². The van der Waals surface area contributed by atoms with E-state index in [9.17, 15) is 4.39 Å². The molecule has 1 aromatic heterocycles. The number of nitrogens with zero attached hydrogens (tertiary/aromatic N) is 2. The highest BCUT2D eigenvalue weighted by molar-refractivity contribution is 5.29. The third kappa shape index (κ3) is 2.70. The van der Waals surface area contributed by atoms with E-state index in [4.69, 9.17) is 6.42 Å². The van der Waals surface area contributed by atoms with Crippen molar-refractivity contribution in [1.29, 1.82) is 0 Å². The Balaban J connectivity index is 2.69. The Kier molecular flexibility index (Phi) is 3.41. The van der Waals surface area contributed by atoms with Crippen molar-refractivity contribution >= 4 is 5.95 Å². The van der Waals surface area contributed by atoms with Crippen molar-refractivity contribution in [2.45, 2.75) is 19.9 Å². The lowest BCUT2D eigenvalue weighted by Gasteiger charge is -2.15. The summed E-state index contributed by atoms with van der Waals surface area (Å²) in [4.78, 5) is 7.51. The van der Waals surface area contributed by atoms with Crippen molar-refractivity contribution in [3.8, 4) is 12.3 Å². The maximum Gasteiger partial charge on any atom is 0.223 e. The maximum atomic E-state index is 12.5. The number of hydrogen-bond donors (Lipinski definition) is 1. The van der Waals surface area contributed by atoms with Crippen LogP contribution < -0.4 is 5.32 Å². The van der Waals surface area contributed by atoms with E-state index in [1.807, 2.05) is 13.8 Å². The first-order valence-electron chi connectivity index (χ1n) is 4.33. The maximum absolute atomic E-state index is 12.5. The Bertz CT molecular complexity index is 326. The predicted molar refractivity (Wildman–Crippen MR) is 53.1 cm³/mol. The molecule has 0 aliphatic rings. The van der Waals surface area contributed by atoms with Gasteiger partial charge in [0.2, 0.25) is 5.95 Å². The van der Waals surface area contributed by atoms with Crippen LogP contribution >= 0.6 is 0 Å². The van der Waals surface area contributed by atoms with Gasteiger partial charge in [-0.25, -0.2) is 14.4 Å². The molecule has 0 radical (unpaired) electrons. The van der Waals surface area contributed by atoms with Gasteiger partial charge in [-0.1, -0.05) is 19.8 Å². The van der Waals surface area contributed by atoms with Gasteiger partial charge in [-0.15, -0.1) is 6.42 Å². The minimum Gasteiger partial charge on any atom is -0.340 e. The highest BCUT2D eigenvalue weighted by Crippen LogP contribution is 2.07. The van der Waals surface area contributed by atoms with E-state index in [2.05, 4.69) is 21.2 Å². The highest BCUT2D eigenvalue weighted by atomic mass is 19.1. The van der Waals surface area contributed by atoms with Gasteiger partial charge < -0.3 is 5.32 Å². The van der Waals surface area contributed by atoms with E-state index in [-0.39, 0.29) is 12.0 Å². The molecule has 3 nitrogen and oxygen atoms in total. The molecule has 1 heterocycles. The molecule has 0 aliphatic carbocycles. The molecule has 74 valence electrons. The van der Waals surface area contributed by atoms with E-state index < -0.39 is 5.82 Å². The van der Waals surface area contributed by atoms with Crippen LogP contribution in [0.25, 0.3) is 0 Å². The SMILES string of the molecule is C#CC(Nc1ncc(F)cn1)C(C)C. The number of rotatable bonds is 3. The summed E-state index contributed by atoms with van der Waals surface area (Å²) in [5.74, 6) is 2.74. The zero-order chi connectivity index (χ0) is 10.6. The molecule has 1 unspecified atom stereocenters. The molecule has 0 fully saturated rings. The molecule has 0 bridgehead atoms. The molecule has 4 heteroatoms. The molecule has 0 saturated heterocycles. The topological polar surface area (TPSA) is 37.8 Å². The number of nitrogens with one attached hydrogen (secondary N) is 1. The van der Waals surface area contributed by atoms with Crippen molar-refractivity contribution in [3.63, 3.8) is 0 Å². The van der Waals surface area contributed by atoms with Gasteiger partial charge in [0.1, 0.15) is 0 Å². The third-order valence-electron chi connectivity index (χ3n) is 1.75. The van der Waals surface area contributed by atoms with Crippen LogP contribution in [-0.4, -0.2) is 16.0 Å². The average molecular weight is 193 g/mol. The standard InChI is InChI=1S/C10H12FN3/c1-4-9(7(2)3)14-10-12-5-8(11)6-13-10/h1,5-7,9H,2-3H3,(H,12,13,14). The number of halogens is 1. The Labute approximate surface area is 82.8 Å². The monoisotopic (exact) mass is 193 g/mol. The Morgan fingerprint density at radius 1 is 1.43 bits per heavy atom. The average Bonchev–Trinajstić information content (AvgIpc) is 2.16. The summed E-state index contributed by atoms with van der Waals surface area (Å²) in [5, 5.41) is 2.93. The van der Waals surface area contributed by atoms with Crippen molar-refractivity contribution in [3.05, 3.63) is 18.2 Å². The first-order valence-corrected chi connectivity index (χ1v) is 4.33. The molecule has 0 saturated carbocycles.